The number of nitriles is 1. The van der Waals surface area contributed by atoms with Gasteiger partial charge in [-0.25, -0.2) is 17.2 Å². The van der Waals surface area contributed by atoms with Crippen LogP contribution in [0.3, 0.4) is 0 Å². The second-order valence-electron chi connectivity index (χ2n) is 8.06. The second-order valence-corrected chi connectivity index (χ2v) is 10.2. The molecule has 3 rings (SSSR count). The molecule has 6 nitrogen and oxygen atoms in total. The maximum Gasteiger partial charge on any atom is 0.408 e. The van der Waals surface area contributed by atoms with Crippen LogP contribution in [0.5, 0.6) is 0 Å². The Morgan fingerprint density at radius 3 is 2.39 bits per heavy atom. The zero-order chi connectivity index (χ0) is 23.0. The van der Waals surface area contributed by atoms with Crippen molar-refractivity contribution in [1.82, 2.24) is 10.6 Å². The van der Waals surface area contributed by atoms with Crippen LogP contribution < -0.4 is 10.6 Å². The number of rotatable bonds is 9. The predicted molar refractivity (Wildman–Crippen MR) is 99.2 cm³/mol. The van der Waals surface area contributed by atoms with E-state index in [1.165, 1.54) is 0 Å². The fraction of sp³-hybridized carbons (Fsp3) is 0.579. The number of hydrogen-bond donors (Lipinski definition) is 2. The van der Waals surface area contributed by atoms with Crippen molar-refractivity contribution in [2.24, 2.45) is 5.92 Å². The van der Waals surface area contributed by atoms with Gasteiger partial charge in [-0.1, -0.05) is 6.07 Å². The molecular weight excluding hydrogens is 445 g/mol. The van der Waals surface area contributed by atoms with E-state index < -0.39 is 62.5 Å². The van der Waals surface area contributed by atoms with Crippen molar-refractivity contribution in [3.63, 3.8) is 0 Å². The Labute approximate surface area is 175 Å². The lowest BCUT2D eigenvalue weighted by atomic mass is 10.0. The van der Waals surface area contributed by atoms with Gasteiger partial charge in [0.25, 0.3) is 0 Å². The van der Waals surface area contributed by atoms with Crippen molar-refractivity contribution in [2.75, 3.05) is 11.5 Å². The number of carbonyl (C=O) groups excluding carboxylic acids is 1. The molecule has 31 heavy (non-hydrogen) atoms. The lowest BCUT2D eigenvalue weighted by molar-refractivity contribution is -0.161. The molecule has 0 bridgehead atoms. The number of nitrogens with one attached hydrogen (secondary N) is 2. The van der Waals surface area contributed by atoms with Crippen molar-refractivity contribution < 1.29 is 35.2 Å². The van der Waals surface area contributed by atoms with Gasteiger partial charge in [0.15, 0.2) is 9.84 Å². The van der Waals surface area contributed by atoms with Crippen molar-refractivity contribution in [2.45, 2.75) is 49.5 Å². The molecule has 1 amide bonds. The van der Waals surface area contributed by atoms with Crippen molar-refractivity contribution in [3.8, 4) is 6.07 Å². The first kappa shape index (κ1) is 23.4. The molecule has 2 aliphatic carbocycles. The predicted octanol–water partition coefficient (Wildman–Crippen LogP) is 2.52. The van der Waals surface area contributed by atoms with Crippen LogP contribution in [-0.2, 0) is 14.6 Å². The molecule has 1 unspecified atom stereocenters. The Kier molecular flexibility index (Phi) is 6.30. The summed E-state index contributed by atoms with van der Waals surface area (Å²) >= 11 is 0. The zero-order valence-electron chi connectivity index (χ0n) is 16.2. The Balaban J connectivity index is 1.89. The molecular formula is C19H20F5N3O3S. The Morgan fingerprint density at radius 2 is 1.90 bits per heavy atom. The fourth-order valence-corrected chi connectivity index (χ4v) is 5.12. The van der Waals surface area contributed by atoms with Crippen molar-refractivity contribution >= 4 is 15.7 Å². The second kappa shape index (κ2) is 8.35. The minimum Gasteiger partial charge on any atom is -0.336 e. The van der Waals surface area contributed by atoms with E-state index in [0.717, 1.165) is 0 Å². The molecule has 0 heterocycles. The number of amides is 1. The fourth-order valence-electron chi connectivity index (χ4n) is 3.18. The minimum atomic E-state index is -5.12. The van der Waals surface area contributed by atoms with Gasteiger partial charge < -0.3 is 5.32 Å². The van der Waals surface area contributed by atoms with E-state index in [9.17, 15) is 35.2 Å². The first-order chi connectivity index (χ1) is 14.3. The highest BCUT2D eigenvalue weighted by atomic mass is 32.2. The van der Waals surface area contributed by atoms with Gasteiger partial charge in [-0.2, -0.15) is 18.4 Å². The first-order valence-electron chi connectivity index (χ1n) is 9.55. The summed E-state index contributed by atoms with van der Waals surface area (Å²) < 4.78 is 93.3. The van der Waals surface area contributed by atoms with Gasteiger partial charge in [-0.15, -0.1) is 0 Å². The summed E-state index contributed by atoms with van der Waals surface area (Å²) in [7, 11) is -3.92. The molecule has 170 valence electrons. The van der Waals surface area contributed by atoms with Crippen LogP contribution in [0.1, 0.15) is 37.3 Å². The molecule has 0 aromatic heterocycles. The van der Waals surface area contributed by atoms with E-state index in [4.69, 9.17) is 5.26 Å². The SMILES string of the molecule is N#CC1(NC(=O)C(CS(=O)(=O)CC2CC2)N[C@H](c2ccc(F)cc2F)C(F)(F)F)CC1. The molecule has 2 saturated carbocycles. The highest BCUT2D eigenvalue weighted by molar-refractivity contribution is 7.91. The van der Waals surface area contributed by atoms with Crippen LogP contribution in [0, 0.1) is 28.9 Å². The number of alkyl halides is 3. The number of carbonyl (C=O) groups is 1. The Hall–Kier alpha value is -2.26. The van der Waals surface area contributed by atoms with Crippen LogP contribution in [0.15, 0.2) is 18.2 Å². The zero-order valence-corrected chi connectivity index (χ0v) is 17.0. The quantitative estimate of drug-likeness (QED) is 0.546. The van der Waals surface area contributed by atoms with Crippen LogP contribution in [0.2, 0.25) is 0 Å². The van der Waals surface area contributed by atoms with Crippen LogP contribution in [0.4, 0.5) is 22.0 Å². The van der Waals surface area contributed by atoms with Crippen molar-refractivity contribution in [3.05, 3.63) is 35.4 Å². The minimum absolute atomic E-state index is 0.101. The number of benzene rings is 1. The van der Waals surface area contributed by atoms with E-state index in [2.05, 4.69) is 5.32 Å². The smallest absolute Gasteiger partial charge is 0.336 e. The summed E-state index contributed by atoms with van der Waals surface area (Å²) in [6.45, 7) is 0. The monoisotopic (exact) mass is 465 g/mol. The number of sulfone groups is 1. The van der Waals surface area contributed by atoms with Gasteiger partial charge in [0, 0.05) is 11.6 Å². The Bertz CT molecular complexity index is 998. The van der Waals surface area contributed by atoms with Crippen molar-refractivity contribution in [1.29, 1.82) is 5.26 Å². The third kappa shape index (κ3) is 6.13. The summed E-state index contributed by atoms with van der Waals surface area (Å²) in [4.78, 5) is 12.7. The molecule has 0 spiro atoms. The molecule has 1 aromatic rings. The largest absolute Gasteiger partial charge is 0.408 e. The maximum atomic E-state index is 14.1. The number of hydrogen-bond acceptors (Lipinski definition) is 5. The van der Waals surface area contributed by atoms with Gasteiger partial charge in [0.1, 0.15) is 29.3 Å². The van der Waals surface area contributed by atoms with Gasteiger partial charge in [0.05, 0.1) is 17.6 Å². The summed E-state index contributed by atoms with van der Waals surface area (Å²) in [5.41, 5.74) is -2.22. The summed E-state index contributed by atoms with van der Waals surface area (Å²) in [5.74, 6) is -5.01. The third-order valence-corrected chi connectivity index (χ3v) is 7.04. The highest BCUT2D eigenvalue weighted by Gasteiger charge is 2.48. The van der Waals surface area contributed by atoms with Crippen LogP contribution >= 0.6 is 0 Å². The molecule has 1 aromatic carbocycles. The summed E-state index contributed by atoms with van der Waals surface area (Å²) in [6, 6.07) is -1.34. The average molecular weight is 465 g/mol. The van der Waals surface area contributed by atoms with E-state index >= 15 is 0 Å². The van der Waals surface area contributed by atoms with Gasteiger partial charge in [0.2, 0.25) is 5.91 Å². The average Bonchev–Trinajstić information content (AvgIpc) is 3.56. The van der Waals surface area contributed by atoms with Gasteiger partial charge in [-0.05, 0) is 37.7 Å². The first-order valence-corrected chi connectivity index (χ1v) is 11.4. The van der Waals surface area contributed by atoms with Crippen LogP contribution in [-0.4, -0.2) is 43.6 Å². The lowest BCUT2D eigenvalue weighted by Crippen LogP contribution is -2.54. The normalized spacial score (nSPS) is 19.9. The molecule has 0 saturated heterocycles. The maximum absolute atomic E-state index is 14.1. The lowest BCUT2D eigenvalue weighted by Gasteiger charge is -2.28. The number of halogens is 5. The summed E-state index contributed by atoms with van der Waals surface area (Å²) in [5, 5.41) is 13.3. The third-order valence-electron chi connectivity index (χ3n) is 5.22. The van der Waals surface area contributed by atoms with E-state index in [-0.39, 0.29) is 30.6 Å². The van der Waals surface area contributed by atoms with E-state index in [1.807, 2.05) is 11.4 Å². The molecule has 2 atom stereocenters. The molecule has 2 fully saturated rings. The highest BCUT2D eigenvalue weighted by Crippen LogP contribution is 2.37. The number of nitrogens with zero attached hydrogens (tertiary/aromatic N) is 1. The molecule has 0 radical (unpaired) electrons. The van der Waals surface area contributed by atoms with E-state index in [1.54, 1.807) is 0 Å². The standard InChI is InChI=1S/C19H20F5N3O3S/c20-12-3-4-13(14(21)7-12)16(19(22,23)24)26-15(9-31(29,30)8-11-1-2-11)17(28)27-18(10-25)5-6-18/h3-4,7,11,15-16,26H,1-2,5-6,8-9H2,(H,27,28)/t15?,16-/m1/s1. The van der Waals surface area contributed by atoms with Gasteiger partial charge >= 0.3 is 6.18 Å². The molecule has 12 heteroatoms. The summed E-state index contributed by atoms with van der Waals surface area (Å²) in [6.07, 6.45) is -3.21. The van der Waals surface area contributed by atoms with Crippen LogP contribution in [0.25, 0.3) is 0 Å². The van der Waals surface area contributed by atoms with Gasteiger partial charge in [-0.3, -0.25) is 10.1 Å². The molecule has 2 aliphatic rings. The molecule has 0 aliphatic heterocycles. The molecule has 2 N–H and O–H groups in total. The van der Waals surface area contributed by atoms with E-state index in [0.29, 0.717) is 25.0 Å². The Morgan fingerprint density at radius 1 is 1.26 bits per heavy atom. The topological polar surface area (TPSA) is 99.1 Å².